The molecule has 0 aromatic carbocycles. The first kappa shape index (κ1) is 10.5. The Bertz CT molecular complexity index is 345. The molecule has 0 amide bonds. The molecule has 2 N–H and O–H groups in total. The lowest BCUT2D eigenvalue weighted by molar-refractivity contribution is -0.384. The van der Waals surface area contributed by atoms with E-state index in [9.17, 15) is 10.1 Å². The number of nitrogen functional groups attached to an aromatic ring is 1. The molecule has 1 atom stereocenters. The highest BCUT2D eigenvalue weighted by Gasteiger charge is 2.21. The molecule has 1 heterocycles. The van der Waals surface area contributed by atoms with Gasteiger partial charge in [-0.25, -0.2) is 4.68 Å². The molecule has 6 heteroatoms. The Morgan fingerprint density at radius 2 is 2.14 bits per heavy atom. The van der Waals surface area contributed by atoms with E-state index in [1.54, 1.807) is 0 Å². The van der Waals surface area contributed by atoms with Crippen LogP contribution in [-0.4, -0.2) is 14.7 Å². The zero-order valence-electron chi connectivity index (χ0n) is 8.47. The summed E-state index contributed by atoms with van der Waals surface area (Å²) in [5.74, 6) is 0.452. The highest BCUT2D eigenvalue weighted by atomic mass is 16.6. The van der Waals surface area contributed by atoms with Crippen molar-refractivity contribution in [3.05, 3.63) is 16.3 Å². The number of aromatic nitrogens is 2. The van der Waals surface area contributed by atoms with Crippen LogP contribution in [0.15, 0.2) is 6.20 Å². The number of rotatable bonds is 3. The fourth-order valence-corrected chi connectivity index (χ4v) is 1.11. The molecular formula is C8H14N4O2. The Labute approximate surface area is 81.9 Å². The van der Waals surface area contributed by atoms with E-state index in [0.717, 1.165) is 0 Å². The second-order valence-electron chi connectivity index (χ2n) is 3.60. The van der Waals surface area contributed by atoms with Crippen molar-refractivity contribution in [3.63, 3.8) is 0 Å². The van der Waals surface area contributed by atoms with Crippen molar-refractivity contribution < 1.29 is 4.92 Å². The third-order valence-corrected chi connectivity index (χ3v) is 2.36. The molecule has 0 aliphatic heterocycles. The normalized spacial score (nSPS) is 13.1. The molecule has 1 unspecified atom stereocenters. The second-order valence-corrected chi connectivity index (χ2v) is 3.60. The van der Waals surface area contributed by atoms with E-state index in [4.69, 9.17) is 5.73 Å². The van der Waals surface area contributed by atoms with E-state index in [0.29, 0.717) is 5.92 Å². The van der Waals surface area contributed by atoms with E-state index in [2.05, 4.69) is 5.10 Å². The Balaban J connectivity index is 3.06. The SMILES string of the molecule is CC(C)C(C)n1ncc([N+](=O)[O-])c1N. The number of nitrogens with two attached hydrogens (primary N) is 1. The molecule has 0 radical (unpaired) electrons. The Kier molecular flexibility index (Phi) is 2.73. The molecule has 0 spiro atoms. The number of anilines is 1. The minimum atomic E-state index is -0.522. The van der Waals surface area contributed by atoms with Crippen LogP contribution in [0.25, 0.3) is 0 Å². The first-order valence-corrected chi connectivity index (χ1v) is 4.42. The topological polar surface area (TPSA) is 87.0 Å². The van der Waals surface area contributed by atoms with E-state index in [1.807, 2.05) is 20.8 Å². The maximum Gasteiger partial charge on any atom is 0.330 e. The molecule has 1 rings (SSSR count). The van der Waals surface area contributed by atoms with Gasteiger partial charge in [0.1, 0.15) is 6.20 Å². The third-order valence-electron chi connectivity index (χ3n) is 2.36. The van der Waals surface area contributed by atoms with Crippen LogP contribution in [0, 0.1) is 16.0 Å². The van der Waals surface area contributed by atoms with Crippen LogP contribution < -0.4 is 5.73 Å². The molecule has 14 heavy (non-hydrogen) atoms. The first-order chi connectivity index (χ1) is 6.45. The summed E-state index contributed by atoms with van der Waals surface area (Å²) in [5, 5.41) is 14.4. The van der Waals surface area contributed by atoms with Crippen molar-refractivity contribution in [2.75, 3.05) is 5.73 Å². The van der Waals surface area contributed by atoms with Crippen molar-refractivity contribution >= 4 is 11.5 Å². The van der Waals surface area contributed by atoms with Gasteiger partial charge in [0, 0.05) is 0 Å². The number of nitrogens with zero attached hydrogens (tertiary/aromatic N) is 3. The molecule has 0 aliphatic rings. The summed E-state index contributed by atoms with van der Waals surface area (Å²) in [6, 6.07) is 0.0590. The van der Waals surface area contributed by atoms with Crippen LogP contribution in [0.4, 0.5) is 11.5 Å². The van der Waals surface area contributed by atoms with Gasteiger partial charge in [-0.2, -0.15) is 5.10 Å². The lowest BCUT2D eigenvalue weighted by Gasteiger charge is -2.16. The van der Waals surface area contributed by atoms with Crippen LogP contribution >= 0.6 is 0 Å². The summed E-state index contributed by atoms with van der Waals surface area (Å²) in [6.45, 7) is 5.95. The van der Waals surface area contributed by atoms with Gasteiger partial charge >= 0.3 is 5.69 Å². The van der Waals surface area contributed by atoms with Gasteiger partial charge in [0.05, 0.1) is 11.0 Å². The molecule has 0 saturated heterocycles. The van der Waals surface area contributed by atoms with Crippen LogP contribution in [-0.2, 0) is 0 Å². The van der Waals surface area contributed by atoms with Crippen LogP contribution in [0.3, 0.4) is 0 Å². The van der Waals surface area contributed by atoms with E-state index < -0.39 is 4.92 Å². The zero-order valence-corrected chi connectivity index (χ0v) is 8.47. The van der Waals surface area contributed by atoms with Crippen molar-refractivity contribution in [3.8, 4) is 0 Å². The molecule has 0 fully saturated rings. The maximum atomic E-state index is 10.5. The highest BCUT2D eigenvalue weighted by molar-refractivity contribution is 5.51. The largest absolute Gasteiger partial charge is 0.378 e. The number of hydrogen-bond acceptors (Lipinski definition) is 4. The summed E-state index contributed by atoms with van der Waals surface area (Å²) in [4.78, 5) is 9.98. The number of hydrogen-bond donors (Lipinski definition) is 1. The average Bonchev–Trinajstić information content (AvgIpc) is 2.45. The van der Waals surface area contributed by atoms with Crippen molar-refractivity contribution in [1.29, 1.82) is 0 Å². The van der Waals surface area contributed by atoms with Crippen LogP contribution in [0.5, 0.6) is 0 Å². The summed E-state index contributed by atoms with van der Waals surface area (Å²) >= 11 is 0. The predicted molar refractivity (Wildman–Crippen MR) is 52.8 cm³/mol. The molecule has 1 aromatic rings. The molecule has 78 valence electrons. The molecule has 6 nitrogen and oxygen atoms in total. The summed E-state index contributed by atoms with van der Waals surface area (Å²) in [6.07, 6.45) is 1.19. The number of nitro groups is 1. The van der Waals surface area contributed by atoms with Crippen molar-refractivity contribution in [2.24, 2.45) is 5.92 Å². The Morgan fingerprint density at radius 3 is 2.50 bits per heavy atom. The van der Waals surface area contributed by atoms with Crippen molar-refractivity contribution in [1.82, 2.24) is 9.78 Å². The Hall–Kier alpha value is -1.59. The fraction of sp³-hybridized carbons (Fsp3) is 0.625. The van der Waals surface area contributed by atoms with Gasteiger partial charge in [-0.15, -0.1) is 0 Å². The first-order valence-electron chi connectivity index (χ1n) is 4.42. The molecule has 1 aromatic heterocycles. The van der Waals surface area contributed by atoms with Gasteiger partial charge in [0.15, 0.2) is 0 Å². The van der Waals surface area contributed by atoms with Gasteiger partial charge in [-0.1, -0.05) is 13.8 Å². The average molecular weight is 198 g/mol. The maximum absolute atomic E-state index is 10.5. The molecule has 0 bridgehead atoms. The second kappa shape index (κ2) is 3.65. The van der Waals surface area contributed by atoms with Gasteiger partial charge in [-0.3, -0.25) is 10.1 Å². The Morgan fingerprint density at radius 1 is 1.57 bits per heavy atom. The standard InChI is InChI=1S/C8H14N4O2/c1-5(2)6(3)11-8(9)7(4-10-11)12(13)14/h4-6H,9H2,1-3H3. The molecule has 0 saturated carbocycles. The summed E-state index contributed by atoms with van der Waals surface area (Å²) < 4.78 is 1.49. The van der Waals surface area contributed by atoms with Crippen LogP contribution in [0.2, 0.25) is 0 Å². The summed E-state index contributed by atoms with van der Waals surface area (Å²) in [7, 11) is 0. The smallest absolute Gasteiger partial charge is 0.330 e. The predicted octanol–water partition coefficient (Wildman–Crippen LogP) is 1.59. The van der Waals surface area contributed by atoms with Gasteiger partial charge in [-0.05, 0) is 12.8 Å². The van der Waals surface area contributed by atoms with Crippen molar-refractivity contribution in [2.45, 2.75) is 26.8 Å². The summed E-state index contributed by atoms with van der Waals surface area (Å²) in [5.41, 5.74) is 5.47. The van der Waals surface area contributed by atoms with Crippen LogP contribution in [0.1, 0.15) is 26.8 Å². The monoisotopic (exact) mass is 198 g/mol. The minimum Gasteiger partial charge on any atom is -0.378 e. The highest BCUT2D eigenvalue weighted by Crippen LogP contribution is 2.26. The van der Waals surface area contributed by atoms with E-state index in [-0.39, 0.29) is 17.5 Å². The zero-order chi connectivity index (χ0) is 10.9. The molecular weight excluding hydrogens is 184 g/mol. The fourth-order valence-electron chi connectivity index (χ4n) is 1.11. The third kappa shape index (κ3) is 1.68. The molecule has 0 aliphatic carbocycles. The minimum absolute atomic E-state index is 0.0590. The lowest BCUT2D eigenvalue weighted by atomic mass is 10.1. The van der Waals surface area contributed by atoms with Gasteiger partial charge in [0.2, 0.25) is 5.82 Å². The van der Waals surface area contributed by atoms with Gasteiger partial charge in [0.25, 0.3) is 0 Å². The van der Waals surface area contributed by atoms with E-state index in [1.165, 1.54) is 10.9 Å². The lowest BCUT2D eigenvalue weighted by Crippen LogP contribution is -2.15. The quantitative estimate of drug-likeness (QED) is 0.590. The van der Waals surface area contributed by atoms with Gasteiger partial charge < -0.3 is 5.73 Å². The van der Waals surface area contributed by atoms with E-state index >= 15 is 0 Å².